The Labute approximate surface area is 182 Å². The monoisotopic (exact) mass is 438 g/mol. The number of azo groups is 2. The van der Waals surface area contributed by atoms with Gasteiger partial charge in [0.15, 0.2) is 11.5 Å². The zero-order valence-corrected chi connectivity index (χ0v) is 17.2. The lowest BCUT2D eigenvalue weighted by molar-refractivity contribution is -0.509. The molecule has 3 aliphatic rings. The third-order valence-electron chi connectivity index (χ3n) is 5.41. The number of carbonyl (C=O) groups is 3. The Morgan fingerprint density at radius 1 is 1.12 bits per heavy atom. The van der Waals surface area contributed by atoms with Crippen molar-refractivity contribution in [3.05, 3.63) is 42.5 Å². The van der Waals surface area contributed by atoms with Gasteiger partial charge in [0.05, 0.1) is 7.11 Å². The zero-order valence-electron chi connectivity index (χ0n) is 17.2. The van der Waals surface area contributed by atoms with Crippen LogP contribution >= 0.6 is 0 Å². The third-order valence-corrected chi connectivity index (χ3v) is 5.41. The van der Waals surface area contributed by atoms with E-state index in [2.05, 4.69) is 10.4 Å². The van der Waals surface area contributed by atoms with Crippen molar-refractivity contribution in [3.8, 4) is 17.2 Å². The summed E-state index contributed by atoms with van der Waals surface area (Å²) in [5.41, 5.74) is 1.31. The molecule has 2 aromatic rings. The lowest BCUT2D eigenvalue weighted by Crippen LogP contribution is -2.52. The van der Waals surface area contributed by atoms with E-state index in [1.807, 2.05) is 29.2 Å². The van der Waals surface area contributed by atoms with Gasteiger partial charge in [0.1, 0.15) is 5.75 Å². The van der Waals surface area contributed by atoms with Crippen molar-refractivity contribution in [3.63, 3.8) is 0 Å². The number of hydrogen-bond acceptors (Lipinski definition) is 8. The molecule has 11 nitrogen and oxygen atoms in total. The smallest absolute Gasteiger partial charge is 0.497 e. The van der Waals surface area contributed by atoms with E-state index in [1.54, 1.807) is 25.3 Å². The van der Waals surface area contributed by atoms with Crippen LogP contribution in [0.1, 0.15) is 0 Å². The molecule has 1 fully saturated rings. The van der Waals surface area contributed by atoms with E-state index in [0.717, 1.165) is 10.4 Å². The third kappa shape index (κ3) is 3.47. The molecule has 0 bridgehead atoms. The summed E-state index contributed by atoms with van der Waals surface area (Å²) in [7, 11) is 1.58. The van der Waals surface area contributed by atoms with Crippen LogP contribution < -0.4 is 24.4 Å². The molecule has 3 amide bonds. The second kappa shape index (κ2) is 7.84. The molecule has 5 rings (SSSR count). The number of amides is 3. The minimum absolute atomic E-state index is 0.124. The summed E-state index contributed by atoms with van der Waals surface area (Å²) in [6, 6.07) is 12.3. The van der Waals surface area contributed by atoms with Gasteiger partial charge in [-0.2, -0.15) is 0 Å². The van der Waals surface area contributed by atoms with Crippen LogP contribution in [0.4, 0.5) is 11.4 Å². The first kappa shape index (κ1) is 19.8. The highest BCUT2D eigenvalue weighted by Gasteiger charge is 2.49. The summed E-state index contributed by atoms with van der Waals surface area (Å²) < 4.78 is 16.7. The van der Waals surface area contributed by atoms with E-state index in [9.17, 15) is 14.4 Å². The van der Waals surface area contributed by atoms with E-state index in [4.69, 9.17) is 14.2 Å². The average Bonchev–Trinajstić information content (AvgIpc) is 3.44. The topological polar surface area (TPSA) is 113 Å². The molecule has 1 N–H and O–H groups in total. The standard InChI is InChI=1S/C21H19N5O6/c1-30-15-5-3-14(4-6-15)24-8-9-25-19(28)20(29)26(23-21(24)25)11-18(27)22-13-2-7-16-17(10-13)32-12-31-16/h2-7,10,21H,8-9,11-12H2,1H3/p+1. The van der Waals surface area contributed by atoms with Gasteiger partial charge in [0.25, 0.3) is 18.7 Å². The first-order chi connectivity index (χ1) is 15.5. The maximum absolute atomic E-state index is 12.6. The summed E-state index contributed by atoms with van der Waals surface area (Å²) >= 11 is 0. The van der Waals surface area contributed by atoms with Crippen LogP contribution in [0.25, 0.3) is 0 Å². The summed E-state index contributed by atoms with van der Waals surface area (Å²) in [6.07, 6.45) is -0.702. The fourth-order valence-electron chi connectivity index (χ4n) is 3.82. The van der Waals surface area contributed by atoms with Crippen molar-refractivity contribution in [2.45, 2.75) is 6.29 Å². The summed E-state index contributed by atoms with van der Waals surface area (Å²) in [5.74, 6) is -0.187. The highest BCUT2D eigenvalue weighted by atomic mass is 16.7. The van der Waals surface area contributed by atoms with Gasteiger partial charge in [0.2, 0.25) is 6.79 Å². The van der Waals surface area contributed by atoms with Crippen LogP contribution in [0.2, 0.25) is 0 Å². The number of hydrogen-bond donors (Lipinski definition) is 1. The van der Waals surface area contributed by atoms with Gasteiger partial charge in [-0.15, -0.1) is 0 Å². The van der Waals surface area contributed by atoms with E-state index < -0.39 is 24.0 Å². The number of nitrogens with zero attached hydrogens (tertiary/aromatic N) is 4. The van der Waals surface area contributed by atoms with Crippen molar-refractivity contribution in [1.29, 1.82) is 0 Å². The number of nitrogens with one attached hydrogen (secondary N) is 1. The van der Waals surface area contributed by atoms with Crippen molar-refractivity contribution < 1.29 is 33.3 Å². The number of benzene rings is 2. The molecule has 164 valence electrons. The van der Waals surface area contributed by atoms with Crippen LogP contribution in [0, 0.1) is 0 Å². The molecule has 3 heterocycles. The lowest BCUT2D eigenvalue weighted by Gasteiger charge is -2.27. The van der Waals surface area contributed by atoms with Crippen molar-refractivity contribution >= 4 is 29.1 Å². The Hall–Kier alpha value is -4.15. The number of methoxy groups -OCH3 is 1. The molecule has 0 saturated carbocycles. The minimum Gasteiger partial charge on any atom is -0.497 e. The average molecular weight is 438 g/mol. The first-order valence-corrected chi connectivity index (χ1v) is 9.97. The summed E-state index contributed by atoms with van der Waals surface area (Å²) in [4.78, 5) is 41.0. The number of ether oxygens (including phenoxy) is 3. The predicted molar refractivity (Wildman–Crippen MR) is 110 cm³/mol. The highest BCUT2D eigenvalue weighted by molar-refractivity contribution is 6.32. The van der Waals surface area contributed by atoms with Crippen molar-refractivity contribution in [2.24, 2.45) is 5.11 Å². The molecule has 0 aliphatic carbocycles. The fraction of sp³-hybridized carbons (Fsp3) is 0.286. The van der Waals surface area contributed by atoms with Crippen molar-refractivity contribution in [1.82, 2.24) is 4.90 Å². The zero-order chi connectivity index (χ0) is 22.2. The van der Waals surface area contributed by atoms with Gasteiger partial charge in [-0.1, -0.05) is 0 Å². The molecule has 32 heavy (non-hydrogen) atoms. The number of rotatable bonds is 5. The Bertz CT molecular complexity index is 1130. The molecule has 0 radical (unpaired) electrons. The fourth-order valence-corrected chi connectivity index (χ4v) is 3.82. The molecule has 3 aliphatic heterocycles. The second-order valence-electron chi connectivity index (χ2n) is 7.33. The van der Waals surface area contributed by atoms with E-state index in [-0.39, 0.29) is 13.3 Å². The first-order valence-electron chi connectivity index (χ1n) is 9.97. The second-order valence-corrected chi connectivity index (χ2v) is 7.33. The normalized spacial score (nSPS) is 19.0. The number of anilines is 2. The van der Waals surface area contributed by atoms with Gasteiger partial charge in [-0.05, 0) is 41.1 Å². The van der Waals surface area contributed by atoms with E-state index in [1.165, 1.54) is 4.90 Å². The lowest BCUT2D eigenvalue weighted by atomic mass is 10.2. The molecule has 1 unspecified atom stereocenters. The Morgan fingerprint density at radius 2 is 1.88 bits per heavy atom. The van der Waals surface area contributed by atoms with Crippen LogP contribution in [-0.2, 0) is 14.4 Å². The van der Waals surface area contributed by atoms with Gasteiger partial charge in [-0.3, -0.25) is 14.5 Å². The Balaban J connectivity index is 1.34. The van der Waals surface area contributed by atoms with Gasteiger partial charge in [0, 0.05) is 35.6 Å². The molecule has 1 saturated heterocycles. The SMILES string of the molecule is COc1ccc(N2CCN3C(=O)C(=O)[N+](CC(=O)Nc4ccc5c(c4)OCO5)=NC32)cc1. The van der Waals surface area contributed by atoms with Crippen LogP contribution in [0.5, 0.6) is 17.2 Å². The molecule has 2 aromatic carbocycles. The number of fused-ring (bicyclic) bond motifs is 2. The molecular weight excluding hydrogens is 418 g/mol. The molecule has 0 spiro atoms. The van der Waals surface area contributed by atoms with Gasteiger partial charge >= 0.3 is 11.8 Å². The maximum Gasteiger partial charge on any atom is 0.502 e. The molecular formula is C21H20N5O6+. The Morgan fingerprint density at radius 3 is 2.66 bits per heavy atom. The largest absolute Gasteiger partial charge is 0.502 e. The molecule has 1 atom stereocenters. The minimum atomic E-state index is -0.835. The van der Waals surface area contributed by atoms with E-state index >= 15 is 0 Å². The van der Waals surface area contributed by atoms with Crippen LogP contribution in [0.3, 0.4) is 0 Å². The van der Waals surface area contributed by atoms with Crippen LogP contribution in [-0.4, -0.2) is 67.1 Å². The van der Waals surface area contributed by atoms with Gasteiger partial charge in [-0.25, -0.2) is 4.79 Å². The van der Waals surface area contributed by atoms with Crippen LogP contribution in [0.15, 0.2) is 47.6 Å². The molecule has 11 heteroatoms. The van der Waals surface area contributed by atoms with Gasteiger partial charge < -0.3 is 24.4 Å². The molecule has 0 aromatic heterocycles. The Kier molecular flexibility index (Phi) is 4.85. The van der Waals surface area contributed by atoms with E-state index in [0.29, 0.717) is 36.0 Å². The quantitative estimate of drug-likeness (QED) is 0.547. The highest BCUT2D eigenvalue weighted by Crippen LogP contribution is 2.34. The summed E-state index contributed by atoms with van der Waals surface area (Å²) in [6.45, 7) is 0.608. The van der Waals surface area contributed by atoms with Crippen molar-refractivity contribution in [2.75, 3.05) is 43.8 Å². The maximum atomic E-state index is 12.6. The summed E-state index contributed by atoms with van der Waals surface area (Å²) in [5, 5.41) is 7.08. The number of carbonyl (C=O) groups excluding carboxylic acids is 3. The predicted octanol–water partition coefficient (Wildman–Crippen LogP) is 1.000.